The molecule has 0 radical (unpaired) electrons. The summed E-state index contributed by atoms with van der Waals surface area (Å²) in [6.45, 7) is 1.97. The van der Waals surface area contributed by atoms with Gasteiger partial charge in [-0.25, -0.2) is 4.79 Å². The van der Waals surface area contributed by atoms with Crippen molar-refractivity contribution in [3.05, 3.63) is 131 Å². The Kier molecular flexibility index (Phi) is 10.3. The average Bonchev–Trinajstić information content (AvgIpc) is 3.01. The van der Waals surface area contributed by atoms with Gasteiger partial charge >= 0.3 is 5.97 Å². The molecule has 3 N–H and O–H groups in total. The molecule has 212 valence electrons. The predicted molar refractivity (Wildman–Crippen MR) is 165 cm³/mol. The summed E-state index contributed by atoms with van der Waals surface area (Å²) >= 11 is 1.30. The van der Waals surface area contributed by atoms with Crippen LogP contribution in [-0.2, 0) is 14.3 Å². The van der Waals surface area contributed by atoms with E-state index in [0.717, 1.165) is 16.0 Å². The molecule has 42 heavy (non-hydrogen) atoms. The van der Waals surface area contributed by atoms with E-state index >= 15 is 0 Å². The largest absolute Gasteiger partial charge is 0.465 e. The Hall–Kier alpha value is -5.15. The summed E-state index contributed by atoms with van der Waals surface area (Å²) in [5, 5.41) is 8.29. The summed E-state index contributed by atoms with van der Waals surface area (Å²) in [5.74, 6) is -1.59. The third kappa shape index (κ3) is 8.42. The van der Waals surface area contributed by atoms with Gasteiger partial charge in [0.15, 0.2) is 0 Å². The molecule has 0 spiro atoms. The van der Waals surface area contributed by atoms with Gasteiger partial charge in [-0.2, -0.15) is 0 Å². The zero-order valence-electron chi connectivity index (χ0n) is 23.0. The first-order chi connectivity index (χ1) is 20.3. The summed E-state index contributed by atoms with van der Waals surface area (Å²) < 4.78 is 4.76. The minimum absolute atomic E-state index is 0.0927. The number of hydrogen-bond donors (Lipinski definition) is 3. The lowest BCUT2D eigenvalue weighted by molar-refractivity contribution is -0.114. The Morgan fingerprint density at radius 1 is 0.786 bits per heavy atom. The summed E-state index contributed by atoms with van der Waals surface area (Å²) in [6.07, 6.45) is 1.62. The summed E-state index contributed by atoms with van der Waals surface area (Å²) in [5.41, 5.74) is 3.53. The van der Waals surface area contributed by atoms with E-state index in [4.69, 9.17) is 4.74 Å². The van der Waals surface area contributed by atoms with E-state index in [9.17, 15) is 19.2 Å². The monoisotopic (exact) mass is 579 g/mol. The maximum atomic E-state index is 13.2. The maximum absolute atomic E-state index is 13.2. The Labute approximate surface area is 248 Å². The number of carbonyl (C=O) groups excluding carboxylic acids is 4. The highest BCUT2D eigenvalue weighted by Gasteiger charge is 2.16. The molecule has 0 heterocycles. The molecule has 0 aliphatic carbocycles. The SMILES string of the molecule is COC(=O)c1ccccc1NC(=O)CSc1ccc(NC(=O)/C(=C/c2ccc(C)cc2)NC(=O)c2ccccc2)cc1. The molecule has 3 amide bonds. The minimum Gasteiger partial charge on any atom is -0.465 e. The number of esters is 1. The number of thioether (sulfide) groups is 1. The lowest BCUT2D eigenvalue weighted by Gasteiger charge is -2.12. The van der Waals surface area contributed by atoms with Crippen LogP contribution in [0.25, 0.3) is 6.08 Å². The lowest BCUT2D eigenvalue weighted by atomic mass is 10.1. The van der Waals surface area contributed by atoms with Crippen LogP contribution in [0, 0.1) is 6.92 Å². The lowest BCUT2D eigenvalue weighted by Crippen LogP contribution is -2.30. The highest BCUT2D eigenvalue weighted by Crippen LogP contribution is 2.22. The second-order valence-electron chi connectivity index (χ2n) is 9.14. The first-order valence-electron chi connectivity index (χ1n) is 13.0. The molecule has 9 heteroatoms. The van der Waals surface area contributed by atoms with E-state index in [1.807, 2.05) is 37.3 Å². The van der Waals surface area contributed by atoms with Crippen molar-refractivity contribution in [3.63, 3.8) is 0 Å². The average molecular weight is 580 g/mol. The van der Waals surface area contributed by atoms with Gasteiger partial charge in [-0.15, -0.1) is 11.8 Å². The number of ether oxygens (including phenoxy) is 1. The molecule has 4 aromatic rings. The van der Waals surface area contributed by atoms with E-state index in [2.05, 4.69) is 16.0 Å². The van der Waals surface area contributed by atoms with Crippen LogP contribution in [0.1, 0.15) is 31.8 Å². The van der Waals surface area contributed by atoms with Crippen LogP contribution in [0.2, 0.25) is 0 Å². The van der Waals surface area contributed by atoms with Crippen LogP contribution in [-0.4, -0.2) is 36.6 Å². The first kappa shape index (κ1) is 29.8. The van der Waals surface area contributed by atoms with Gasteiger partial charge in [-0.1, -0.05) is 60.2 Å². The Morgan fingerprint density at radius 2 is 1.45 bits per heavy atom. The Balaban J connectivity index is 1.39. The van der Waals surface area contributed by atoms with Crippen molar-refractivity contribution in [2.75, 3.05) is 23.5 Å². The number of nitrogens with one attached hydrogen (secondary N) is 3. The number of hydrogen-bond acceptors (Lipinski definition) is 6. The van der Waals surface area contributed by atoms with Gasteiger partial charge in [-0.3, -0.25) is 14.4 Å². The van der Waals surface area contributed by atoms with Crippen molar-refractivity contribution >= 4 is 52.9 Å². The molecular formula is C33H29N3O5S. The number of amides is 3. The van der Waals surface area contributed by atoms with Gasteiger partial charge in [0.1, 0.15) is 5.70 Å². The second-order valence-corrected chi connectivity index (χ2v) is 10.2. The van der Waals surface area contributed by atoms with Crippen LogP contribution in [0.4, 0.5) is 11.4 Å². The fraction of sp³-hybridized carbons (Fsp3) is 0.0909. The highest BCUT2D eigenvalue weighted by molar-refractivity contribution is 8.00. The zero-order valence-corrected chi connectivity index (χ0v) is 23.9. The van der Waals surface area contributed by atoms with Gasteiger partial charge in [-0.05, 0) is 67.1 Å². The van der Waals surface area contributed by atoms with Crippen molar-refractivity contribution in [2.45, 2.75) is 11.8 Å². The number of benzene rings is 4. The highest BCUT2D eigenvalue weighted by atomic mass is 32.2. The third-order valence-corrected chi connectivity index (χ3v) is 7.02. The number of anilines is 2. The van der Waals surface area contributed by atoms with Crippen molar-refractivity contribution in [1.82, 2.24) is 5.32 Å². The van der Waals surface area contributed by atoms with E-state index in [0.29, 0.717) is 16.9 Å². The van der Waals surface area contributed by atoms with Gasteiger partial charge in [0.25, 0.3) is 11.8 Å². The second kappa shape index (κ2) is 14.5. The fourth-order valence-electron chi connectivity index (χ4n) is 3.82. The van der Waals surface area contributed by atoms with Gasteiger partial charge in [0, 0.05) is 16.1 Å². The molecule has 0 unspecified atom stereocenters. The van der Waals surface area contributed by atoms with Crippen molar-refractivity contribution in [2.24, 2.45) is 0 Å². The summed E-state index contributed by atoms with van der Waals surface area (Å²) in [6, 6.07) is 29.9. The number of methoxy groups -OCH3 is 1. The Morgan fingerprint density at radius 3 is 2.14 bits per heavy atom. The van der Waals surface area contributed by atoms with Gasteiger partial charge in [0.2, 0.25) is 5.91 Å². The van der Waals surface area contributed by atoms with E-state index in [-0.39, 0.29) is 22.9 Å². The van der Waals surface area contributed by atoms with E-state index in [1.165, 1.54) is 18.9 Å². The standard InChI is InChI=1S/C33H29N3O5S/c1-22-12-14-23(15-13-22)20-29(36-31(38)24-8-4-3-5-9-24)32(39)34-25-16-18-26(19-17-25)42-21-30(37)35-28-11-7-6-10-27(28)33(40)41-2/h3-20H,21H2,1-2H3,(H,34,39)(H,35,37)(H,36,38)/b29-20-. The number of rotatable bonds is 10. The molecule has 8 nitrogen and oxygen atoms in total. The van der Waals surface area contributed by atoms with Crippen LogP contribution in [0.3, 0.4) is 0 Å². The predicted octanol–water partition coefficient (Wildman–Crippen LogP) is 5.92. The molecule has 0 fully saturated rings. The van der Waals surface area contributed by atoms with Crippen LogP contribution in [0.5, 0.6) is 0 Å². The molecule has 0 aromatic heterocycles. The summed E-state index contributed by atoms with van der Waals surface area (Å²) in [7, 11) is 1.28. The fourth-order valence-corrected chi connectivity index (χ4v) is 4.52. The smallest absolute Gasteiger partial charge is 0.339 e. The van der Waals surface area contributed by atoms with Crippen LogP contribution < -0.4 is 16.0 Å². The van der Waals surface area contributed by atoms with E-state index < -0.39 is 17.8 Å². The number of aryl methyl sites for hydroxylation is 1. The maximum Gasteiger partial charge on any atom is 0.339 e. The van der Waals surface area contributed by atoms with Gasteiger partial charge in [0.05, 0.1) is 24.1 Å². The van der Waals surface area contributed by atoms with Crippen molar-refractivity contribution in [1.29, 1.82) is 0 Å². The third-order valence-electron chi connectivity index (χ3n) is 6.01. The molecule has 0 saturated carbocycles. The van der Waals surface area contributed by atoms with Crippen molar-refractivity contribution < 1.29 is 23.9 Å². The number of para-hydroxylation sites is 1. The number of carbonyl (C=O) groups is 4. The molecule has 0 bridgehead atoms. The van der Waals surface area contributed by atoms with Crippen LogP contribution in [0.15, 0.2) is 114 Å². The molecule has 4 aromatic carbocycles. The van der Waals surface area contributed by atoms with Crippen LogP contribution >= 0.6 is 11.8 Å². The molecule has 0 aliphatic rings. The first-order valence-corrected chi connectivity index (χ1v) is 14.0. The normalized spacial score (nSPS) is 10.9. The molecular weight excluding hydrogens is 550 g/mol. The molecule has 4 rings (SSSR count). The van der Waals surface area contributed by atoms with Gasteiger partial charge < -0.3 is 20.7 Å². The summed E-state index contributed by atoms with van der Waals surface area (Å²) in [4.78, 5) is 51.3. The van der Waals surface area contributed by atoms with Crippen molar-refractivity contribution in [3.8, 4) is 0 Å². The topological polar surface area (TPSA) is 114 Å². The molecule has 0 atom stereocenters. The van der Waals surface area contributed by atoms with E-state index in [1.54, 1.807) is 78.9 Å². The molecule has 0 aliphatic heterocycles. The quantitative estimate of drug-likeness (QED) is 0.122. The zero-order chi connectivity index (χ0) is 29.9. The molecule has 0 saturated heterocycles. The minimum atomic E-state index is -0.535. The Bertz CT molecular complexity index is 1600.